The summed E-state index contributed by atoms with van der Waals surface area (Å²) in [7, 11) is 1.49. The number of aryl methyl sites for hydroxylation is 1. The summed E-state index contributed by atoms with van der Waals surface area (Å²) in [4.78, 5) is 11.9. The monoisotopic (exact) mass is 286 g/mol. The lowest BCUT2D eigenvalue weighted by atomic mass is 10.0. The van der Waals surface area contributed by atoms with Crippen LogP contribution in [0.15, 0.2) is 24.3 Å². The second-order valence-electron chi connectivity index (χ2n) is 4.34. The number of hydrogen-bond donors (Lipinski definition) is 2. The van der Waals surface area contributed by atoms with Crippen molar-refractivity contribution in [2.45, 2.75) is 32.4 Å². The number of nitrogens with two attached hydrogens (primary N) is 1. The predicted molar refractivity (Wildman–Crippen MR) is 79.5 cm³/mol. The summed E-state index contributed by atoms with van der Waals surface area (Å²) < 4.78 is 5.02. The van der Waals surface area contributed by atoms with Gasteiger partial charge >= 0.3 is 0 Å². The van der Waals surface area contributed by atoms with Crippen molar-refractivity contribution in [2.75, 3.05) is 13.7 Å². The van der Waals surface area contributed by atoms with Crippen LogP contribution in [0.2, 0.25) is 0 Å². The maximum atomic E-state index is 11.9. The van der Waals surface area contributed by atoms with Crippen molar-refractivity contribution >= 4 is 18.3 Å². The molecule has 0 saturated carbocycles. The third-order valence-electron chi connectivity index (χ3n) is 3.00. The Labute approximate surface area is 121 Å². The van der Waals surface area contributed by atoms with E-state index in [1.54, 1.807) is 0 Å². The van der Waals surface area contributed by atoms with Crippen LogP contribution in [0.4, 0.5) is 0 Å². The number of carbonyl (C=O) groups excluding carboxylic acids is 1. The molecule has 108 valence electrons. The van der Waals surface area contributed by atoms with Gasteiger partial charge in [0.2, 0.25) is 0 Å². The summed E-state index contributed by atoms with van der Waals surface area (Å²) in [6.45, 7) is 4.26. The smallest absolute Gasteiger partial charge is 0.250 e. The van der Waals surface area contributed by atoms with Gasteiger partial charge in [0, 0.05) is 13.7 Å². The number of ether oxygens (including phenoxy) is 1. The van der Waals surface area contributed by atoms with Crippen LogP contribution in [0.25, 0.3) is 0 Å². The highest BCUT2D eigenvalue weighted by molar-refractivity contribution is 5.85. The second kappa shape index (κ2) is 8.91. The Hall–Kier alpha value is -1.10. The Kier molecular flexibility index (Phi) is 8.39. The Morgan fingerprint density at radius 2 is 1.95 bits per heavy atom. The van der Waals surface area contributed by atoms with Crippen molar-refractivity contribution in [3.05, 3.63) is 35.4 Å². The standard InChI is InChI=1S/C14H22N2O2.ClH/c1-4-12(11-7-5-10(2)6-8-11)16-14(17)13(9-15)18-3;/h5-8,12-13H,4,9,15H2,1-3H3,(H,16,17);1H. The first-order valence-electron chi connectivity index (χ1n) is 6.22. The molecule has 1 aromatic carbocycles. The van der Waals surface area contributed by atoms with E-state index in [-0.39, 0.29) is 30.9 Å². The molecule has 1 rings (SSSR count). The molecule has 4 nitrogen and oxygen atoms in total. The molecule has 1 amide bonds. The van der Waals surface area contributed by atoms with Gasteiger partial charge in [-0.15, -0.1) is 12.4 Å². The van der Waals surface area contributed by atoms with Crippen LogP contribution in [0.1, 0.15) is 30.5 Å². The van der Waals surface area contributed by atoms with Crippen molar-refractivity contribution in [3.63, 3.8) is 0 Å². The molecule has 0 radical (unpaired) electrons. The normalized spacial score (nSPS) is 13.3. The molecule has 0 spiro atoms. The molecule has 2 atom stereocenters. The van der Waals surface area contributed by atoms with Crippen LogP contribution in [0.5, 0.6) is 0 Å². The minimum absolute atomic E-state index is 0. The number of nitrogens with one attached hydrogen (secondary N) is 1. The lowest BCUT2D eigenvalue weighted by Gasteiger charge is -2.20. The summed E-state index contributed by atoms with van der Waals surface area (Å²) in [6, 6.07) is 8.16. The number of methoxy groups -OCH3 is 1. The molecule has 5 heteroatoms. The van der Waals surface area contributed by atoms with Gasteiger partial charge in [0.05, 0.1) is 6.04 Å². The molecule has 19 heavy (non-hydrogen) atoms. The van der Waals surface area contributed by atoms with E-state index in [4.69, 9.17) is 10.5 Å². The predicted octanol–water partition coefficient (Wildman–Crippen LogP) is 1.96. The van der Waals surface area contributed by atoms with E-state index in [0.29, 0.717) is 0 Å². The van der Waals surface area contributed by atoms with Gasteiger partial charge in [0.1, 0.15) is 6.10 Å². The van der Waals surface area contributed by atoms with Crippen LogP contribution >= 0.6 is 12.4 Å². The number of carbonyl (C=O) groups is 1. The van der Waals surface area contributed by atoms with Gasteiger partial charge < -0.3 is 15.8 Å². The Bertz CT molecular complexity index is 378. The highest BCUT2D eigenvalue weighted by Crippen LogP contribution is 2.17. The molecule has 0 aliphatic rings. The van der Waals surface area contributed by atoms with Gasteiger partial charge in [-0.3, -0.25) is 4.79 Å². The molecule has 0 saturated heterocycles. The van der Waals surface area contributed by atoms with Crippen LogP contribution in [0, 0.1) is 6.92 Å². The molecule has 0 aromatic heterocycles. The highest BCUT2D eigenvalue weighted by Gasteiger charge is 2.19. The van der Waals surface area contributed by atoms with Gasteiger partial charge in [-0.25, -0.2) is 0 Å². The summed E-state index contributed by atoms with van der Waals surface area (Å²) >= 11 is 0. The van der Waals surface area contributed by atoms with Crippen LogP contribution in [-0.2, 0) is 9.53 Å². The van der Waals surface area contributed by atoms with Crippen molar-refractivity contribution in [2.24, 2.45) is 5.73 Å². The lowest BCUT2D eigenvalue weighted by molar-refractivity contribution is -0.131. The summed E-state index contributed by atoms with van der Waals surface area (Å²) in [6.07, 6.45) is 0.250. The third kappa shape index (κ3) is 5.19. The van der Waals surface area contributed by atoms with Crippen molar-refractivity contribution < 1.29 is 9.53 Å². The number of benzene rings is 1. The van der Waals surface area contributed by atoms with E-state index in [1.165, 1.54) is 12.7 Å². The molecular formula is C14H23ClN2O2. The summed E-state index contributed by atoms with van der Waals surface area (Å²) in [5, 5.41) is 2.96. The lowest BCUT2D eigenvalue weighted by Crippen LogP contribution is -2.42. The molecular weight excluding hydrogens is 264 g/mol. The maximum Gasteiger partial charge on any atom is 0.250 e. The first kappa shape index (κ1) is 17.9. The maximum absolute atomic E-state index is 11.9. The zero-order valence-electron chi connectivity index (χ0n) is 11.7. The molecule has 0 heterocycles. The van der Waals surface area contributed by atoms with Gasteiger partial charge in [-0.1, -0.05) is 36.8 Å². The van der Waals surface area contributed by atoms with E-state index >= 15 is 0 Å². The van der Waals surface area contributed by atoms with Crippen molar-refractivity contribution in [1.29, 1.82) is 0 Å². The molecule has 0 aliphatic heterocycles. The van der Waals surface area contributed by atoms with Gasteiger partial charge in [-0.05, 0) is 18.9 Å². The van der Waals surface area contributed by atoms with Crippen LogP contribution in [0.3, 0.4) is 0 Å². The average Bonchev–Trinajstić information content (AvgIpc) is 2.38. The third-order valence-corrected chi connectivity index (χ3v) is 3.00. The zero-order valence-corrected chi connectivity index (χ0v) is 12.5. The van der Waals surface area contributed by atoms with Gasteiger partial charge in [-0.2, -0.15) is 0 Å². The van der Waals surface area contributed by atoms with Gasteiger partial charge in [0.25, 0.3) is 5.91 Å². The highest BCUT2D eigenvalue weighted by atomic mass is 35.5. The quantitative estimate of drug-likeness (QED) is 0.840. The van der Waals surface area contributed by atoms with Crippen LogP contribution < -0.4 is 11.1 Å². The molecule has 0 bridgehead atoms. The van der Waals surface area contributed by atoms with Crippen molar-refractivity contribution in [1.82, 2.24) is 5.32 Å². The average molecular weight is 287 g/mol. The second-order valence-corrected chi connectivity index (χ2v) is 4.34. The Morgan fingerprint density at radius 1 is 1.37 bits per heavy atom. The first-order valence-corrected chi connectivity index (χ1v) is 6.22. The minimum atomic E-state index is -0.579. The minimum Gasteiger partial charge on any atom is -0.370 e. The largest absolute Gasteiger partial charge is 0.370 e. The number of hydrogen-bond acceptors (Lipinski definition) is 3. The fourth-order valence-corrected chi connectivity index (χ4v) is 1.79. The Morgan fingerprint density at radius 3 is 2.37 bits per heavy atom. The van der Waals surface area contributed by atoms with E-state index in [2.05, 4.69) is 5.32 Å². The Balaban J connectivity index is 0.00000324. The SMILES string of the molecule is CCC(NC(=O)C(CN)OC)c1ccc(C)cc1.Cl. The van der Waals surface area contributed by atoms with E-state index in [0.717, 1.165) is 12.0 Å². The number of rotatable bonds is 6. The van der Waals surface area contributed by atoms with E-state index < -0.39 is 6.10 Å². The fraction of sp³-hybridized carbons (Fsp3) is 0.500. The first-order chi connectivity index (χ1) is 8.62. The molecule has 1 aromatic rings. The molecule has 0 fully saturated rings. The molecule has 2 unspecified atom stereocenters. The number of amides is 1. The summed E-state index contributed by atoms with van der Waals surface area (Å²) in [5.74, 6) is -0.160. The fourth-order valence-electron chi connectivity index (χ4n) is 1.79. The topological polar surface area (TPSA) is 64.4 Å². The molecule has 3 N–H and O–H groups in total. The van der Waals surface area contributed by atoms with E-state index in [9.17, 15) is 4.79 Å². The number of halogens is 1. The van der Waals surface area contributed by atoms with Gasteiger partial charge in [0.15, 0.2) is 0 Å². The zero-order chi connectivity index (χ0) is 13.5. The van der Waals surface area contributed by atoms with E-state index in [1.807, 2.05) is 38.1 Å². The van der Waals surface area contributed by atoms with Crippen molar-refractivity contribution in [3.8, 4) is 0 Å². The summed E-state index contributed by atoms with van der Waals surface area (Å²) in [5.41, 5.74) is 7.78. The molecule has 0 aliphatic carbocycles. The van der Waals surface area contributed by atoms with Crippen LogP contribution in [-0.4, -0.2) is 25.7 Å².